The number of nitrogens with one attached hydrogen (secondary N) is 3. The van der Waals surface area contributed by atoms with Crippen molar-refractivity contribution in [2.24, 2.45) is 5.92 Å². The lowest BCUT2D eigenvalue weighted by molar-refractivity contribution is 0.103. The number of hydrogen-bond acceptors (Lipinski definition) is 6. The SMILES string of the molecule is CCCSNc1ccc(F)c(C(=O)c2c[nH]c3ncnc(NCC4CC4)c23)c1F. The summed E-state index contributed by atoms with van der Waals surface area (Å²) in [4.78, 5) is 24.4. The van der Waals surface area contributed by atoms with E-state index < -0.39 is 23.0 Å². The number of aromatic nitrogens is 3. The summed E-state index contributed by atoms with van der Waals surface area (Å²) in [6.45, 7) is 2.74. The maximum atomic E-state index is 15.0. The Labute approximate surface area is 171 Å². The first kappa shape index (κ1) is 19.6. The van der Waals surface area contributed by atoms with Gasteiger partial charge in [-0.2, -0.15) is 0 Å². The molecule has 2 aromatic heterocycles. The van der Waals surface area contributed by atoms with E-state index in [0.29, 0.717) is 22.8 Å². The summed E-state index contributed by atoms with van der Waals surface area (Å²) in [5.41, 5.74) is 0.0617. The smallest absolute Gasteiger partial charge is 0.201 e. The minimum absolute atomic E-state index is 0.0800. The molecule has 1 aliphatic rings. The number of aromatic amines is 1. The van der Waals surface area contributed by atoms with E-state index in [0.717, 1.165) is 37.6 Å². The van der Waals surface area contributed by atoms with Crippen molar-refractivity contribution in [3.05, 3.63) is 47.4 Å². The Bertz CT molecular complexity index is 1050. The molecule has 0 atom stereocenters. The van der Waals surface area contributed by atoms with Crippen LogP contribution in [0.25, 0.3) is 11.0 Å². The van der Waals surface area contributed by atoms with E-state index in [1.54, 1.807) is 0 Å². The molecule has 4 rings (SSSR count). The first-order valence-corrected chi connectivity index (χ1v) is 10.5. The Kier molecular flexibility index (Phi) is 5.66. The van der Waals surface area contributed by atoms with Gasteiger partial charge in [0.25, 0.3) is 0 Å². The van der Waals surface area contributed by atoms with Crippen LogP contribution in [-0.2, 0) is 0 Å². The van der Waals surface area contributed by atoms with Gasteiger partial charge in [-0.3, -0.25) is 4.79 Å². The minimum Gasteiger partial charge on any atom is -0.369 e. The van der Waals surface area contributed by atoms with Gasteiger partial charge in [-0.05, 0) is 37.3 Å². The standard InChI is InChI=1S/C20H21F2N5OS/c1-2-7-29-27-14-6-5-13(21)16(17(14)22)18(28)12-9-24-20-15(12)19(25-10-26-20)23-8-11-3-4-11/h5-6,9-11,27H,2-4,7-8H2,1H3,(H2,23,24,25,26). The summed E-state index contributed by atoms with van der Waals surface area (Å²) < 4.78 is 32.3. The van der Waals surface area contributed by atoms with Gasteiger partial charge in [0.2, 0.25) is 5.78 Å². The molecule has 152 valence electrons. The van der Waals surface area contributed by atoms with Crippen molar-refractivity contribution in [3.63, 3.8) is 0 Å². The Balaban J connectivity index is 1.71. The van der Waals surface area contributed by atoms with Crippen LogP contribution in [0.4, 0.5) is 20.3 Å². The molecule has 29 heavy (non-hydrogen) atoms. The summed E-state index contributed by atoms with van der Waals surface area (Å²) in [6.07, 6.45) is 6.03. The van der Waals surface area contributed by atoms with Gasteiger partial charge < -0.3 is 15.0 Å². The number of halogens is 2. The summed E-state index contributed by atoms with van der Waals surface area (Å²) >= 11 is 1.30. The van der Waals surface area contributed by atoms with Gasteiger partial charge in [0.1, 0.15) is 23.6 Å². The number of H-pyrrole nitrogens is 1. The fraction of sp³-hybridized carbons (Fsp3) is 0.350. The van der Waals surface area contributed by atoms with Gasteiger partial charge in [0.05, 0.1) is 22.2 Å². The maximum Gasteiger partial charge on any atom is 0.201 e. The summed E-state index contributed by atoms with van der Waals surface area (Å²) in [5, 5.41) is 3.67. The molecule has 2 heterocycles. The molecule has 1 aromatic carbocycles. The zero-order valence-electron chi connectivity index (χ0n) is 15.9. The molecule has 3 aromatic rings. The number of benzene rings is 1. The topological polar surface area (TPSA) is 82.7 Å². The highest BCUT2D eigenvalue weighted by molar-refractivity contribution is 8.00. The molecule has 1 saturated carbocycles. The lowest BCUT2D eigenvalue weighted by Crippen LogP contribution is -2.11. The molecule has 6 nitrogen and oxygen atoms in total. The van der Waals surface area contributed by atoms with E-state index in [1.807, 2.05) is 6.92 Å². The monoisotopic (exact) mass is 417 g/mol. The Morgan fingerprint density at radius 2 is 2.14 bits per heavy atom. The third-order valence-corrected chi connectivity index (χ3v) is 5.75. The van der Waals surface area contributed by atoms with E-state index in [9.17, 15) is 13.6 Å². The number of rotatable bonds is 9. The average Bonchev–Trinajstić information content (AvgIpc) is 3.44. The van der Waals surface area contributed by atoms with Gasteiger partial charge in [0.15, 0.2) is 5.82 Å². The molecular formula is C20H21F2N5OS. The summed E-state index contributed by atoms with van der Waals surface area (Å²) in [6, 6.07) is 2.40. The van der Waals surface area contributed by atoms with Gasteiger partial charge in [0, 0.05) is 18.5 Å². The number of nitrogens with zero attached hydrogens (tertiary/aromatic N) is 2. The largest absolute Gasteiger partial charge is 0.369 e. The first-order chi connectivity index (χ1) is 14.1. The van der Waals surface area contributed by atoms with E-state index in [4.69, 9.17) is 0 Å². The number of carbonyl (C=O) groups is 1. The zero-order chi connectivity index (χ0) is 20.4. The third kappa shape index (κ3) is 4.05. The van der Waals surface area contributed by atoms with Crippen LogP contribution in [0.5, 0.6) is 0 Å². The lowest BCUT2D eigenvalue weighted by Gasteiger charge is -2.11. The zero-order valence-corrected chi connectivity index (χ0v) is 16.7. The molecule has 0 amide bonds. The van der Waals surface area contributed by atoms with Gasteiger partial charge >= 0.3 is 0 Å². The van der Waals surface area contributed by atoms with Crippen molar-refractivity contribution in [1.82, 2.24) is 15.0 Å². The van der Waals surface area contributed by atoms with Gasteiger partial charge in [-0.25, -0.2) is 18.7 Å². The molecule has 1 fully saturated rings. The van der Waals surface area contributed by atoms with E-state index >= 15 is 0 Å². The van der Waals surface area contributed by atoms with Gasteiger partial charge in [-0.15, -0.1) is 0 Å². The fourth-order valence-electron chi connectivity index (χ4n) is 3.04. The Hall–Kier alpha value is -2.68. The molecule has 1 aliphatic carbocycles. The third-order valence-electron chi connectivity index (χ3n) is 4.78. The highest BCUT2D eigenvalue weighted by Crippen LogP contribution is 2.32. The first-order valence-electron chi connectivity index (χ1n) is 9.56. The molecular weight excluding hydrogens is 396 g/mol. The molecule has 0 saturated heterocycles. The molecule has 0 aliphatic heterocycles. The van der Waals surface area contributed by atoms with Crippen LogP contribution >= 0.6 is 11.9 Å². The Morgan fingerprint density at radius 1 is 1.31 bits per heavy atom. The second-order valence-corrected chi connectivity index (χ2v) is 7.94. The molecule has 3 N–H and O–H groups in total. The van der Waals surface area contributed by atoms with Crippen molar-refractivity contribution >= 4 is 40.3 Å². The molecule has 0 bridgehead atoms. The number of carbonyl (C=O) groups excluding carboxylic acids is 1. The summed E-state index contributed by atoms with van der Waals surface area (Å²) in [5.74, 6) is -0.721. The van der Waals surface area contributed by atoms with Crippen LogP contribution in [0.2, 0.25) is 0 Å². The van der Waals surface area contributed by atoms with Crippen molar-refractivity contribution in [2.75, 3.05) is 22.3 Å². The molecule has 9 heteroatoms. The normalized spacial score (nSPS) is 13.6. The molecule has 0 spiro atoms. The van der Waals surface area contributed by atoms with Crippen LogP contribution in [0, 0.1) is 17.6 Å². The lowest BCUT2D eigenvalue weighted by atomic mass is 10.0. The van der Waals surface area contributed by atoms with Gasteiger partial charge in [-0.1, -0.05) is 18.9 Å². The van der Waals surface area contributed by atoms with Crippen LogP contribution in [0.3, 0.4) is 0 Å². The fourth-order valence-corrected chi connectivity index (χ4v) is 3.66. The number of fused-ring (bicyclic) bond motifs is 1. The highest BCUT2D eigenvalue weighted by Gasteiger charge is 2.27. The maximum absolute atomic E-state index is 15.0. The van der Waals surface area contributed by atoms with Crippen molar-refractivity contribution in [3.8, 4) is 0 Å². The predicted octanol–water partition coefficient (Wildman–Crippen LogP) is 4.76. The second-order valence-electron chi connectivity index (χ2n) is 7.04. The average molecular weight is 417 g/mol. The van der Waals surface area contributed by atoms with Crippen LogP contribution in [0.1, 0.15) is 42.1 Å². The quantitative estimate of drug-likeness (QED) is 0.265. The van der Waals surface area contributed by atoms with Crippen molar-refractivity contribution in [2.45, 2.75) is 26.2 Å². The van der Waals surface area contributed by atoms with Crippen LogP contribution < -0.4 is 10.0 Å². The van der Waals surface area contributed by atoms with E-state index in [1.165, 1.54) is 30.5 Å². The Morgan fingerprint density at radius 3 is 2.90 bits per heavy atom. The summed E-state index contributed by atoms with van der Waals surface area (Å²) in [7, 11) is 0. The van der Waals surface area contributed by atoms with Crippen molar-refractivity contribution in [1.29, 1.82) is 0 Å². The number of ketones is 1. The van der Waals surface area contributed by atoms with Crippen LogP contribution in [-0.4, -0.2) is 33.0 Å². The second kappa shape index (κ2) is 8.36. The highest BCUT2D eigenvalue weighted by atomic mass is 32.2. The number of hydrogen-bond donors (Lipinski definition) is 3. The number of anilines is 2. The molecule has 0 radical (unpaired) electrons. The minimum atomic E-state index is -0.905. The van der Waals surface area contributed by atoms with Crippen molar-refractivity contribution < 1.29 is 13.6 Å². The van der Waals surface area contributed by atoms with E-state index in [2.05, 4.69) is 25.0 Å². The van der Waals surface area contributed by atoms with Crippen LogP contribution in [0.15, 0.2) is 24.7 Å². The molecule has 0 unspecified atom stereocenters. The predicted molar refractivity (Wildman–Crippen MR) is 111 cm³/mol. The van der Waals surface area contributed by atoms with E-state index in [-0.39, 0.29) is 11.3 Å².